The van der Waals surface area contributed by atoms with Crippen LogP contribution in [0.4, 0.5) is 5.69 Å². The van der Waals surface area contributed by atoms with E-state index in [-0.39, 0.29) is 17.2 Å². The van der Waals surface area contributed by atoms with Gasteiger partial charge < -0.3 is 10.2 Å². The first-order valence-electron chi connectivity index (χ1n) is 13.5. The van der Waals surface area contributed by atoms with Crippen molar-refractivity contribution in [3.63, 3.8) is 0 Å². The maximum absolute atomic E-state index is 13.7. The van der Waals surface area contributed by atoms with Gasteiger partial charge in [-0.3, -0.25) is 9.59 Å². The molecule has 0 saturated heterocycles. The lowest BCUT2D eigenvalue weighted by molar-refractivity contribution is -0.128. The highest BCUT2D eigenvalue weighted by Gasteiger charge is 2.34. The summed E-state index contributed by atoms with van der Waals surface area (Å²) in [6, 6.07) is 28.0. The van der Waals surface area contributed by atoms with E-state index in [1.165, 1.54) is 11.0 Å². The third-order valence-corrected chi connectivity index (χ3v) is 8.49. The number of likely N-dealkylation sites (N-methyl/N-ethyl adjacent to an activating group) is 1. The molecule has 2 unspecified atom stereocenters. The maximum atomic E-state index is 13.7. The number of carbonyl (C=O) groups is 2. The molecule has 1 aliphatic rings. The predicted octanol–water partition coefficient (Wildman–Crippen LogP) is 4.49. The van der Waals surface area contributed by atoms with Gasteiger partial charge in [0.25, 0.3) is 5.91 Å². The molecule has 0 radical (unpaired) electrons. The Kier molecular flexibility index (Phi) is 8.01. The lowest BCUT2D eigenvalue weighted by Gasteiger charge is -2.24. The summed E-state index contributed by atoms with van der Waals surface area (Å²) in [5, 5.41) is 4.42. The minimum atomic E-state index is -4.05. The van der Waals surface area contributed by atoms with Crippen LogP contribution in [0.25, 0.3) is 10.8 Å². The Morgan fingerprint density at radius 3 is 2.29 bits per heavy atom. The van der Waals surface area contributed by atoms with Gasteiger partial charge in [0.05, 0.1) is 16.3 Å². The van der Waals surface area contributed by atoms with Crippen LogP contribution in [0.2, 0.25) is 0 Å². The minimum absolute atomic E-state index is 0.00908. The predicted molar refractivity (Wildman–Crippen MR) is 161 cm³/mol. The standard InChI is InChI=1S/C32H32N4O4S/c1-21(2)19-27(35-41(39,40)25-18-17-22-11-7-8-14-24(22)20-25)31(37)34-30-32(38)36(3)28-16-10-9-15-26(28)29(33-30)23-12-5-4-6-13-23/h4-18,20-21,27,30,35H,19H2,1-3H3,(H,34,37). The Labute approximate surface area is 240 Å². The third kappa shape index (κ3) is 6.06. The molecule has 2 atom stereocenters. The fourth-order valence-corrected chi connectivity index (χ4v) is 6.19. The molecule has 9 heteroatoms. The molecule has 0 aromatic heterocycles. The molecule has 0 fully saturated rings. The molecule has 0 spiro atoms. The number of hydrogen-bond acceptors (Lipinski definition) is 5. The van der Waals surface area contributed by atoms with Gasteiger partial charge in [0.15, 0.2) is 0 Å². The van der Waals surface area contributed by atoms with Gasteiger partial charge in [-0.25, -0.2) is 13.4 Å². The van der Waals surface area contributed by atoms with E-state index in [2.05, 4.69) is 10.0 Å². The monoisotopic (exact) mass is 568 g/mol. The van der Waals surface area contributed by atoms with Crippen LogP contribution in [-0.2, 0) is 19.6 Å². The van der Waals surface area contributed by atoms with Gasteiger partial charge in [-0.1, -0.05) is 92.7 Å². The molecule has 0 aliphatic carbocycles. The van der Waals surface area contributed by atoms with Crippen molar-refractivity contribution in [2.24, 2.45) is 10.9 Å². The summed E-state index contributed by atoms with van der Waals surface area (Å²) >= 11 is 0. The highest BCUT2D eigenvalue weighted by molar-refractivity contribution is 7.89. The Morgan fingerprint density at radius 2 is 1.56 bits per heavy atom. The summed E-state index contributed by atoms with van der Waals surface area (Å²) in [4.78, 5) is 33.5. The molecule has 41 heavy (non-hydrogen) atoms. The normalized spacial score (nSPS) is 16.2. The quantitative estimate of drug-likeness (QED) is 0.327. The smallest absolute Gasteiger partial charge is 0.272 e. The van der Waals surface area contributed by atoms with Crippen LogP contribution in [0.1, 0.15) is 31.4 Å². The zero-order valence-electron chi connectivity index (χ0n) is 23.1. The summed E-state index contributed by atoms with van der Waals surface area (Å²) in [5.41, 5.74) is 2.76. The SMILES string of the molecule is CC(C)CC(NS(=O)(=O)c1ccc2ccccc2c1)C(=O)NC1N=C(c2ccccc2)c2ccccc2N(C)C1=O. The molecule has 0 saturated carbocycles. The van der Waals surface area contributed by atoms with Crippen LogP contribution in [0.5, 0.6) is 0 Å². The Balaban J connectivity index is 1.47. The van der Waals surface area contributed by atoms with Crippen molar-refractivity contribution in [3.8, 4) is 0 Å². The minimum Gasteiger partial charge on any atom is -0.325 e. The van der Waals surface area contributed by atoms with Gasteiger partial charge in [-0.05, 0) is 41.3 Å². The fraction of sp³-hybridized carbons (Fsp3) is 0.219. The number of carbonyl (C=O) groups excluding carboxylic acids is 2. The van der Waals surface area contributed by atoms with Gasteiger partial charge in [0, 0.05) is 18.2 Å². The number of amides is 2. The molecule has 0 bridgehead atoms. The topological polar surface area (TPSA) is 108 Å². The first-order chi connectivity index (χ1) is 19.6. The molecular weight excluding hydrogens is 536 g/mol. The molecule has 2 amide bonds. The second-order valence-electron chi connectivity index (χ2n) is 10.5. The highest BCUT2D eigenvalue weighted by Crippen LogP contribution is 2.27. The Morgan fingerprint density at radius 1 is 0.902 bits per heavy atom. The molecule has 8 nitrogen and oxygen atoms in total. The van der Waals surface area contributed by atoms with Gasteiger partial charge in [-0.2, -0.15) is 4.72 Å². The van der Waals surface area contributed by atoms with Gasteiger partial charge in [0.2, 0.25) is 22.1 Å². The van der Waals surface area contributed by atoms with Gasteiger partial charge >= 0.3 is 0 Å². The number of anilines is 1. The van der Waals surface area contributed by atoms with E-state index in [4.69, 9.17) is 4.99 Å². The number of nitrogens with one attached hydrogen (secondary N) is 2. The third-order valence-electron chi connectivity index (χ3n) is 7.02. The number of aliphatic imine (C=N–C) groups is 1. The number of para-hydroxylation sites is 1. The van der Waals surface area contributed by atoms with Crippen molar-refractivity contribution >= 4 is 44.0 Å². The summed E-state index contributed by atoms with van der Waals surface area (Å²) in [5.74, 6) is -1.07. The maximum Gasteiger partial charge on any atom is 0.272 e. The molecular formula is C32H32N4O4S. The van der Waals surface area contributed by atoms with Crippen molar-refractivity contribution in [1.82, 2.24) is 10.0 Å². The number of benzene rings is 4. The van der Waals surface area contributed by atoms with Crippen LogP contribution >= 0.6 is 0 Å². The van der Waals surface area contributed by atoms with Crippen LogP contribution in [0, 0.1) is 5.92 Å². The van der Waals surface area contributed by atoms with E-state index >= 15 is 0 Å². The second kappa shape index (κ2) is 11.6. The van der Waals surface area contributed by atoms with Crippen molar-refractivity contribution in [3.05, 3.63) is 108 Å². The number of rotatable bonds is 8. The van der Waals surface area contributed by atoms with E-state index < -0.39 is 34.0 Å². The zero-order chi connectivity index (χ0) is 29.1. The van der Waals surface area contributed by atoms with Crippen LogP contribution in [0.3, 0.4) is 0 Å². The van der Waals surface area contributed by atoms with E-state index in [0.29, 0.717) is 11.4 Å². The van der Waals surface area contributed by atoms with Crippen LogP contribution in [0.15, 0.2) is 107 Å². The summed E-state index contributed by atoms with van der Waals surface area (Å²) in [6.07, 6.45) is -1.03. The lowest BCUT2D eigenvalue weighted by Crippen LogP contribution is -2.53. The molecule has 1 heterocycles. The second-order valence-corrected chi connectivity index (χ2v) is 12.2. The highest BCUT2D eigenvalue weighted by atomic mass is 32.2. The number of benzodiazepines with no additional fused rings is 1. The fourth-order valence-electron chi connectivity index (χ4n) is 4.95. The van der Waals surface area contributed by atoms with E-state index in [0.717, 1.165) is 21.9 Å². The Bertz CT molecular complexity index is 1740. The molecule has 4 aromatic rings. The molecule has 5 rings (SSSR count). The Hall–Kier alpha value is -4.34. The zero-order valence-corrected chi connectivity index (χ0v) is 23.9. The van der Waals surface area contributed by atoms with Crippen molar-refractivity contribution in [2.45, 2.75) is 37.4 Å². The van der Waals surface area contributed by atoms with E-state index in [1.807, 2.05) is 92.7 Å². The largest absolute Gasteiger partial charge is 0.325 e. The van der Waals surface area contributed by atoms with Gasteiger partial charge in [-0.15, -0.1) is 0 Å². The summed E-state index contributed by atoms with van der Waals surface area (Å²) < 4.78 is 29.4. The number of sulfonamides is 1. The van der Waals surface area contributed by atoms with Crippen molar-refractivity contribution in [1.29, 1.82) is 0 Å². The molecule has 1 aliphatic heterocycles. The van der Waals surface area contributed by atoms with Crippen LogP contribution in [-0.4, -0.2) is 45.2 Å². The van der Waals surface area contributed by atoms with Crippen molar-refractivity contribution < 1.29 is 18.0 Å². The first-order valence-corrected chi connectivity index (χ1v) is 14.9. The van der Waals surface area contributed by atoms with Gasteiger partial charge in [0.1, 0.15) is 6.04 Å². The lowest BCUT2D eigenvalue weighted by atomic mass is 10.0. The van der Waals surface area contributed by atoms with E-state index in [1.54, 1.807) is 19.2 Å². The number of hydrogen-bond donors (Lipinski definition) is 2. The first kappa shape index (κ1) is 28.2. The number of fused-ring (bicyclic) bond motifs is 2. The van der Waals surface area contributed by atoms with Crippen LogP contribution < -0.4 is 14.9 Å². The summed E-state index contributed by atoms with van der Waals surface area (Å²) in [6.45, 7) is 3.80. The average Bonchev–Trinajstić information content (AvgIpc) is 3.07. The molecule has 4 aromatic carbocycles. The van der Waals surface area contributed by atoms with Crippen molar-refractivity contribution in [2.75, 3.05) is 11.9 Å². The number of nitrogens with zero attached hydrogens (tertiary/aromatic N) is 2. The average molecular weight is 569 g/mol. The molecule has 210 valence electrons. The molecule has 2 N–H and O–H groups in total. The summed E-state index contributed by atoms with van der Waals surface area (Å²) in [7, 11) is -2.42. The van der Waals surface area contributed by atoms with E-state index in [9.17, 15) is 18.0 Å².